The second kappa shape index (κ2) is 10.3. The van der Waals surface area contributed by atoms with E-state index < -0.39 is 0 Å². The number of rotatable bonds is 8. The minimum Gasteiger partial charge on any atom is -0.292 e. The Hall–Kier alpha value is -1.36. The summed E-state index contributed by atoms with van der Waals surface area (Å²) >= 11 is 12.3. The van der Waals surface area contributed by atoms with Gasteiger partial charge in [-0.25, -0.2) is 0 Å². The van der Waals surface area contributed by atoms with Gasteiger partial charge in [0.05, 0.1) is 12.1 Å². The molecule has 27 heavy (non-hydrogen) atoms. The number of aromatic nitrogens is 2. The Morgan fingerprint density at radius 3 is 2.59 bits per heavy atom. The first kappa shape index (κ1) is 21.9. The number of Topliss-reactive ketones (excluding diaryl/α,β-unsaturated/α-hetero) is 1. The fourth-order valence-electron chi connectivity index (χ4n) is 3.10. The average molecular weight is 470 g/mol. The Morgan fingerprint density at radius 2 is 1.85 bits per heavy atom. The van der Waals surface area contributed by atoms with E-state index in [2.05, 4.69) is 12.0 Å². The molecule has 144 valence electrons. The van der Waals surface area contributed by atoms with Gasteiger partial charge in [0.25, 0.3) is 0 Å². The number of unbranched alkanes of at least 4 members (excludes halogenated alkanes) is 3. The van der Waals surface area contributed by atoms with Crippen molar-refractivity contribution >= 4 is 56.9 Å². The number of fused-ring (bicyclic) bond motifs is 1. The van der Waals surface area contributed by atoms with Crippen molar-refractivity contribution in [3.63, 3.8) is 0 Å². The van der Waals surface area contributed by atoms with E-state index in [1.165, 1.54) is 0 Å². The van der Waals surface area contributed by atoms with Crippen LogP contribution in [-0.2, 0) is 6.54 Å². The molecule has 0 aliphatic heterocycles. The number of hydrogen-bond donors (Lipinski definition) is 0. The number of halogens is 3. The summed E-state index contributed by atoms with van der Waals surface area (Å²) < 4.78 is 1.85. The van der Waals surface area contributed by atoms with E-state index in [1.54, 1.807) is 6.07 Å². The topological polar surface area (TPSA) is 34.9 Å². The molecule has 3 rings (SSSR count). The molecule has 1 aromatic heterocycles. The van der Waals surface area contributed by atoms with Gasteiger partial charge in [-0.3, -0.25) is 9.48 Å². The number of para-hydroxylation sites is 1. The summed E-state index contributed by atoms with van der Waals surface area (Å²) in [7, 11) is 0. The summed E-state index contributed by atoms with van der Waals surface area (Å²) in [6.07, 6.45) is 4.87. The van der Waals surface area contributed by atoms with Gasteiger partial charge in [0, 0.05) is 21.9 Å². The zero-order valence-electron chi connectivity index (χ0n) is 15.3. The highest BCUT2D eigenvalue weighted by atomic mass is 79.9. The monoisotopic (exact) mass is 468 g/mol. The molecule has 0 radical (unpaired) electrons. The lowest BCUT2D eigenvalue weighted by Crippen LogP contribution is -2.05. The maximum Gasteiger partial charge on any atom is 0.183 e. The summed E-state index contributed by atoms with van der Waals surface area (Å²) in [5.41, 5.74) is 2.42. The molecule has 0 saturated heterocycles. The van der Waals surface area contributed by atoms with Gasteiger partial charge in [0.1, 0.15) is 5.69 Å². The molecule has 0 bridgehead atoms. The third kappa shape index (κ3) is 5.34. The molecule has 3 aromatic rings. The van der Waals surface area contributed by atoms with Crippen LogP contribution in [0.1, 0.15) is 55.1 Å². The molecule has 3 nitrogen and oxygen atoms in total. The van der Waals surface area contributed by atoms with Gasteiger partial charge < -0.3 is 0 Å². The van der Waals surface area contributed by atoms with Crippen molar-refractivity contribution in [1.29, 1.82) is 0 Å². The van der Waals surface area contributed by atoms with Gasteiger partial charge in [0.15, 0.2) is 5.78 Å². The van der Waals surface area contributed by atoms with Crippen LogP contribution < -0.4 is 0 Å². The van der Waals surface area contributed by atoms with Gasteiger partial charge in [-0.1, -0.05) is 73.7 Å². The molecule has 0 saturated carbocycles. The van der Waals surface area contributed by atoms with E-state index in [4.69, 9.17) is 23.2 Å². The smallest absolute Gasteiger partial charge is 0.183 e. The number of carbonyl (C=O) groups excluding carboxylic acids is 1. The van der Waals surface area contributed by atoms with Gasteiger partial charge in [-0.2, -0.15) is 5.10 Å². The Balaban J connectivity index is 0.00000261. The molecule has 0 amide bonds. The van der Waals surface area contributed by atoms with E-state index in [0.29, 0.717) is 28.7 Å². The zero-order chi connectivity index (χ0) is 18.5. The summed E-state index contributed by atoms with van der Waals surface area (Å²) in [6, 6.07) is 13.3. The second-order valence-electron chi connectivity index (χ2n) is 6.49. The first-order valence-corrected chi connectivity index (χ1v) is 9.78. The van der Waals surface area contributed by atoms with Crippen LogP contribution in [0.15, 0.2) is 42.5 Å². The van der Waals surface area contributed by atoms with Crippen molar-refractivity contribution in [2.45, 2.75) is 45.6 Å². The molecule has 0 atom stereocenters. The summed E-state index contributed by atoms with van der Waals surface area (Å²) in [5.74, 6) is 0.109. The minimum atomic E-state index is 0. The van der Waals surface area contributed by atoms with Crippen molar-refractivity contribution in [3.05, 3.63) is 63.8 Å². The summed E-state index contributed by atoms with van der Waals surface area (Å²) in [5, 5.41) is 6.73. The predicted molar refractivity (Wildman–Crippen MR) is 119 cm³/mol. The molecule has 0 spiro atoms. The minimum absolute atomic E-state index is 0. The molecule has 1 heterocycles. The molecule has 0 aliphatic carbocycles. The number of ketones is 1. The lowest BCUT2D eigenvalue weighted by molar-refractivity contribution is 0.0975. The third-order valence-corrected chi connectivity index (χ3v) is 5.10. The van der Waals surface area contributed by atoms with E-state index in [0.717, 1.165) is 42.1 Å². The number of carbonyl (C=O) groups is 1. The Bertz CT molecular complexity index is 924. The van der Waals surface area contributed by atoms with Crippen LogP contribution in [0.3, 0.4) is 0 Å². The van der Waals surface area contributed by atoms with Gasteiger partial charge in [0.2, 0.25) is 0 Å². The van der Waals surface area contributed by atoms with Crippen LogP contribution in [0.4, 0.5) is 0 Å². The van der Waals surface area contributed by atoms with Gasteiger partial charge in [-0.05, 0) is 30.2 Å². The highest BCUT2D eigenvalue weighted by molar-refractivity contribution is 8.93. The second-order valence-corrected chi connectivity index (χ2v) is 7.34. The van der Waals surface area contributed by atoms with Crippen LogP contribution in [0.5, 0.6) is 0 Å². The fourth-order valence-corrected chi connectivity index (χ4v) is 3.56. The van der Waals surface area contributed by atoms with Crippen LogP contribution in [-0.4, -0.2) is 15.6 Å². The van der Waals surface area contributed by atoms with Crippen LogP contribution in [0.25, 0.3) is 10.9 Å². The highest BCUT2D eigenvalue weighted by Crippen LogP contribution is 2.25. The number of hydrogen-bond acceptors (Lipinski definition) is 2. The summed E-state index contributed by atoms with van der Waals surface area (Å²) in [6.45, 7) is 2.67. The molecule has 6 heteroatoms. The molecule has 0 N–H and O–H groups in total. The van der Waals surface area contributed by atoms with Crippen molar-refractivity contribution in [1.82, 2.24) is 9.78 Å². The molecular weight excluding hydrogens is 447 g/mol. The standard InChI is InChI=1S/C21H22Cl2N2O.BrH/c1-2-3-4-5-10-20(26)21-17-8-6-7-9-19(17)25(24-21)14-15-11-12-16(22)13-18(15)23;/h6-9,11-13H,2-5,10,14H2,1H3;1H. The maximum absolute atomic E-state index is 12.7. The lowest BCUT2D eigenvalue weighted by atomic mass is 10.1. The first-order valence-electron chi connectivity index (χ1n) is 9.03. The Labute approximate surface area is 180 Å². The van der Waals surface area contributed by atoms with Crippen molar-refractivity contribution in [2.24, 2.45) is 0 Å². The SMILES string of the molecule is Br.CCCCCCC(=O)c1nn(Cc2ccc(Cl)cc2Cl)c2ccccc12. The lowest BCUT2D eigenvalue weighted by Gasteiger charge is -2.06. The van der Waals surface area contributed by atoms with Gasteiger partial charge in [-0.15, -0.1) is 17.0 Å². The van der Waals surface area contributed by atoms with Crippen molar-refractivity contribution < 1.29 is 4.79 Å². The highest BCUT2D eigenvalue weighted by Gasteiger charge is 2.17. The van der Waals surface area contributed by atoms with Crippen molar-refractivity contribution in [2.75, 3.05) is 0 Å². The van der Waals surface area contributed by atoms with E-state index >= 15 is 0 Å². The summed E-state index contributed by atoms with van der Waals surface area (Å²) in [4.78, 5) is 12.7. The molecule has 2 aromatic carbocycles. The van der Waals surface area contributed by atoms with E-state index in [9.17, 15) is 4.79 Å². The Morgan fingerprint density at radius 1 is 1.07 bits per heavy atom. The first-order chi connectivity index (χ1) is 12.6. The normalized spacial score (nSPS) is 10.8. The van der Waals surface area contributed by atoms with Crippen LogP contribution in [0, 0.1) is 0 Å². The zero-order valence-corrected chi connectivity index (χ0v) is 18.5. The molecular formula is C21H23BrCl2N2O. The fraction of sp³-hybridized carbons (Fsp3) is 0.333. The van der Waals surface area contributed by atoms with E-state index in [1.807, 2.05) is 41.1 Å². The maximum atomic E-state index is 12.7. The quantitative estimate of drug-likeness (QED) is 0.260. The van der Waals surface area contributed by atoms with Crippen LogP contribution in [0.2, 0.25) is 10.0 Å². The van der Waals surface area contributed by atoms with Crippen molar-refractivity contribution in [3.8, 4) is 0 Å². The largest absolute Gasteiger partial charge is 0.292 e. The molecule has 0 unspecified atom stereocenters. The number of nitrogens with zero attached hydrogens (tertiary/aromatic N) is 2. The molecule has 0 fully saturated rings. The van der Waals surface area contributed by atoms with Crippen LogP contribution >= 0.6 is 40.2 Å². The van der Waals surface area contributed by atoms with E-state index in [-0.39, 0.29) is 22.8 Å². The average Bonchev–Trinajstić information content (AvgIpc) is 3.00. The number of benzene rings is 2. The third-order valence-electron chi connectivity index (χ3n) is 4.51. The predicted octanol–water partition coefficient (Wildman–Crippen LogP) is 7.12. The Kier molecular flexibility index (Phi) is 8.33. The van der Waals surface area contributed by atoms with Gasteiger partial charge >= 0.3 is 0 Å². The molecule has 0 aliphatic rings.